The Labute approximate surface area is 115 Å². The molecule has 0 fully saturated rings. The van der Waals surface area contributed by atoms with Crippen LogP contribution in [0.2, 0.25) is 0 Å². The third-order valence-electron chi connectivity index (χ3n) is 3.37. The lowest BCUT2D eigenvalue weighted by Gasteiger charge is -2.13. The van der Waals surface area contributed by atoms with Crippen molar-refractivity contribution in [2.24, 2.45) is 0 Å². The highest BCUT2D eigenvalue weighted by molar-refractivity contribution is 5.27. The molecule has 0 radical (unpaired) electrons. The lowest BCUT2D eigenvalue weighted by molar-refractivity contribution is 0.161. The summed E-state index contributed by atoms with van der Waals surface area (Å²) in [6.07, 6.45) is -0.385. The van der Waals surface area contributed by atoms with Gasteiger partial charge in [0.2, 0.25) is 0 Å². The van der Waals surface area contributed by atoms with Crippen LogP contribution in [0.3, 0.4) is 0 Å². The molecular weight excluding hydrogens is 265 g/mol. The fourth-order valence-corrected chi connectivity index (χ4v) is 2.14. The molecule has 2 aromatic rings. The van der Waals surface area contributed by atoms with Gasteiger partial charge in [0.05, 0.1) is 6.10 Å². The van der Waals surface area contributed by atoms with Crippen LogP contribution in [0, 0.1) is 24.4 Å². The molecule has 0 spiro atoms. The lowest BCUT2D eigenvalue weighted by Crippen LogP contribution is -2.06. The Balaban J connectivity index is 2.11. The first-order valence-corrected chi connectivity index (χ1v) is 6.36. The number of hydrogen-bond acceptors (Lipinski definition) is 1. The van der Waals surface area contributed by atoms with Crippen LogP contribution in [0.5, 0.6) is 0 Å². The van der Waals surface area contributed by atoms with Crippen molar-refractivity contribution in [3.05, 3.63) is 70.5 Å². The lowest BCUT2D eigenvalue weighted by atomic mass is 9.98. The van der Waals surface area contributed by atoms with E-state index in [4.69, 9.17) is 0 Å². The molecule has 0 saturated carbocycles. The van der Waals surface area contributed by atoms with Crippen molar-refractivity contribution >= 4 is 0 Å². The molecule has 0 amide bonds. The highest BCUT2D eigenvalue weighted by atomic mass is 19.2. The summed E-state index contributed by atoms with van der Waals surface area (Å²) in [6.45, 7) is 1.94. The van der Waals surface area contributed by atoms with E-state index in [2.05, 4.69) is 0 Å². The van der Waals surface area contributed by atoms with Crippen LogP contribution in [0.4, 0.5) is 13.2 Å². The standard InChI is InChI=1S/C16H15F3O/c1-10-4-2-3-5-11(10)6-9-14(20)12-7-8-13(17)16(19)15(12)18/h2-5,7-8,14,20H,6,9H2,1H3. The normalized spacial score (nSPS) is 12.4. The number of benzene rings is 2. The molecule has 0 bridgehead atoms. The number of aliphatic hydroxyl groups excluding tert-OH is 1. The number of rotatable bonds is 4. The minimum absolute atomic E-state index is 0.211. The van der Waals surface area contributed by atoms with Gasteiger partial charge in [0.25, 0.3) is 0 Å². The third-order valence-corrected chi connectivity index (χ3v) is 3.37. The minimum Gasteiger partial charge on any atom is -0.388 e. The Morgan fingerprint density at radius 3 is 2.40 bits per heavy atom. The Kier molecular flexibility index (Phi) is 4.45. The zero-order valence-electron chi connectivity index (χ0n) is 11.0. The van der Waals surface area contributed by atoms with Gasteiger partial charge in [0.1, 0.15) is 0 Å². The van der Waals surface area contributed by atoms with Crippen molar-refractivity contribution in [3.8, 4) is 0 Å². The van der Waals surface area contributed by atoms with Crippen LogP contribution in [0.1, 0.15) is 29.2 Å². The number of hydrogen-bond donors (Lipinski definition) is 1. The maximum atomic E-state index is 13.5. The first-order chi connectivity index (χ1) is 9.50. The van der Waals surface area contributed by atoms with Crippen molar-refractivity contribution < 1.29 is 18.3 Å². The molecule has 1 atom stereocenters. The second-order valence-corrected chi connectivity index (χ2v) is 4.75. The van der Waals surface area contributed by atoms with Crippen molar-refractivity contribution in [2.45, 2.75) is 25.9 Å². The van der Waals surface area contributed by atoms with Gasteiger partial charge in [0.15, 0.2) is 17.5 Å². The summed E-state index contributed by atoms with van der Waals surface area (Å²) in [6, 6.07) is 9.56. The van der Waals surface area contributed by atoms with Crippen molar-refractivity contribution in [1.82, 2.24) is 0 Å². The Bertz CT molecular complexity index is 611. The van der Waals surface area contributed by atoms with Crippen molar-refractivity contribution in [3.63, 3.8) is 0 Å². The van der Waals surface area contributed by atoms with E-state index in [1.165, 1.54) is 0 Å². The number of aryl methyl sites for hydroxylation is 2. The molecule has 2 aromatic carbocycles. The summed E-state index contributed by atoms with van der Waals surface area (Å²) in [5.41, 5.74) is 1.90. The molecule has 1 unspecified atom stereocenters. The van der Waals surface area contributed by atoms with E-state index in [1.807, 2.05) is 31.2 Å². The molecule has 2 rings (SSSR count). The molecule has 1 nitrogen and oxygen atoms in total. The van der Waals surface area contributed by atoms with Gasteiger partial charge in [-0.1, -0.05) is 30.3 Å². The summed E-state index contributed by atoms with van der Waals surface area (Å²) in [5.74, 6) is -4.11. The molecule has 1 N–H and O–H groups in total. The Hall–Kier alpha value is -1.81. The summed E-state index contributed by atoms with van der Waals surface area (Å²) in [5, 5.41) is 9.94. The van der Waals surface area contributed by atoms with Gasteiger partial charge in [0, 0.05) is 5.56 Å². The molecule has 20 heavy (non-hydrogen) atoms. The minimum atomic E-state index is -1.54. The maximum absolute atomic E-state index is 13.5. The van der Waals surface area contributed by atoms with Gasteiger partial charge >= 0.3 is 0 Å². The van der Waals surface area contributed by atoms with E-state index in [1.54, 1.807) is 0 Å². The van der Waals surface area contributed by atoms with Crippen LogP contribution >= 0.6 is 0 Å². The fraction of sp³-hybridized carbons (Fsp3) is 0.250. The van der Waals surface area contributed by atoms with Crippen LogP contribution in [-0.4, -0.2) is 5.11 Å². The second kappa shape index (κ2) is 6.09. The molecule has 106 valence electrons. The molecular formula is C16H15F3O. The average molecular weight is 280 g/mol. The van der Waals surface area contributed by atoms with Crippen molar-refractivity contribution in [1.29, 1.82) is 0 Å². The van der Waals surface area contributed by atoms with Gasteiger partial charge in [-0.15, -0.1) is 0 Å². The van der Waals surface area contributed by atoms with Crippen LogP contribution in [0.25, 0.3) is 0 Å². The summed E-state index contributed by atoms with van der Waals surface area (Å²) >= 11 is 0. The van der Waals surface area contributed by atoms with Gasteiger partial charge in [-0.05, 0) is 37.0 Å². The predicted molar refractivity (Wildman–Crippen MR) is 70.8 cm³/mol. The molecule has 0 aliphatic carbocycles. The average Bonchev–Trinajstić information content (AvgIpc) is 2.44. The summed E-state index contributed by atoms with van der Waals surface area (Å²) in [4.78, 5) is 0. The summed E-state index contributed by atoms with van der Waals surface area (Å²) in [7, 11) is 0. The molecule has 0 heterocycles. The highest BCUT2D eigenvalue weighted by Gasteiger charge is 2.19. The maximum Gasteiger partial charge on any atom is 0.194 e. The first-order valence-electron chi connectivity index (χ1n) is 6.36. The van der Waals surface area contributed by atoms with Gasteiger partial charge in [-0.3, -0.25) is 0 Å². The van der Waals surface area contributed by atoms with Crippen LogP contribution in [-0.2, 0) is 6.42 Å². The SMILES string of the molecule is Cc1ccccc1CCC(O)c1ccc(F)c(F)c1F. The van der Waals surface area contributed by atoms with E-state index >= 15 is 0 Å². The zero-order chi connectivity index (χ0) is 14.7. The van der Waals surface area contributed by atoms with E-state index in [0.29, 0.717) is 6.42 Å². The molecule has 0 aliphatic heterocycles. The van der Waals surface area contributed by atoms with Crippen LogP contribution in [0.15, 0.2) is 36.4 Å². The largest absolute Gasteiger partial charge is 0.388 e. The fourth-order valence-electron chi connectivity index (χ4n) is 2.14. The van der Waals surface area contributed by atoms with Crippen LogP contribution < -0.4 is 0 Å². The Morgan fingerprint density at radius 2 is 1.70 bits per heavy atom. The zero-order valence-corrected chi connectivity index (χ0v) is 11.0. The quantitative estimate of drug-likeness (QED) is 0.837. The topological polar surface area (TPSA) is 20.2 Å². The smallest absolute Gasteiger partial charge is 0.194 e. The Morgan fingerprint density at radius 1 is 1.00 bits per heavy atom. The first kappa shape index (κ1) is 14.6. The molecule has 4 heteroatoms. The number of aliphatic hydroxyl groups is 1. The van der Waals surface area contributed by atoms with E-state index in [9.17, 15) is 18.3 Å². The van der Waals surface area contributed by atoms with Gasteiger partial charge in [-0.25, -0.2) is 13.2 Å². The van der Waals surface area contributed by atoms with Gasteiger partial charge < -0.3 is 5.11 Å². The van der Waals surface area contributed by atoms with Crippen molar-refractivity contribution in [2.75, 3.05) is 0 Å². The second-order valence-electron chi connectivity index (χ2n) is 4.75. The van der Waals surface area contributed by atoms with E-state index in [-0.39, 0.29) is 12.0 Å². The molecule has 0 aromatic heterocycles. The third kappa shape index (κ3) is 3.02. The van der Waals surface area contributed by atoms with Gasteiger partial charge in [-0.2, -0.15) is 0 Å². The van der Waals surface area contributed by atoms with E-state index < -0.39 is 23.6 Å². The number of halogens is 3. The highest BCUT2D eigenvalue weighted by Crippen LogP contribution is 2.25. The molecule has 0 saturated heterocycles. The molecule has 0 aliphatic rings. The monoisotopic (exact) mass is 280 g/mol. The predicted octanol–water partition coefficient (Wildman–Crippen LogP) is 4.08. The van der Waals surface area contributed by atoms with E-state index in [0.717, 1.165) is 23.3 Å². The summed E-state index contributed by atoms with van der Waals surface area (Å²) < 4.78 is 39.5.